The molecule has 5 rings (SSSR count). The van der Waals surface area contributed by atoms with Crippen molar-refractivity contribution in [2.45, 2.75) is 13.5 Å². The first kappa shape index (κ1) is 23.5. The van der Waals surface area contributed by atoms with Gasteiger partial charge in [-0.15, -0.1) is 0 Å². The fourth-order valence-corrected chi connectivity index (χ4v) is 4.12. The van der Waals surface area contributed by atoms with Gasteiger partial charge in [0, 0.05) is 10.4 Å². The van der Waals surface area contributed by atoms with E-state index in [9.17, 15) is 4.79 Å². The molecule has 0 fully saturated rings. The fourth-order valence-electron chi connectivity index (χ4n) is 3.91. The maximum absolute atomic E-state index is 12.6. The van der Waals surface area contributed by atoms with E-state index in [0.29, 0.717) is 35.3 Å². The van der Waals surface area contributed by atoms with Gasteiger partial charge in [0.1, 0.15) is 12.2 Å². The quantitative estimate of drug-likeness (QED) is 0.185. The van der Waals surface area contributed by atoms with Crippen molar-refractivity contribution in [2.75, 3.05) is 6.61 Å². The van der Waals surface area contributed by atoms with Gasteiger partial charge in [-0.1, -0.05) is 54.1 Å². The summed E-state index contributed by atoms with van der Waals surface area (Å²) in [7, 11) is 0. The van der Waals surface area contributed by atoms with Crippen LogP contribution in [-0.2, 0) is 6.61 Å². The molecule has 5 aromatic rings. The number of fused-ring (bicyclic) bond motifs is 3. The van der Waals surface area contributed by atoms with Gasteiger partial charge in [0.2, 0.25) is 0 Å². The Labute approximate surface area is 213 Å². The van der Waals surface area contributed by atoms with Crippen LogP contribution in [-0.4, -0.2) is 18.7 Å². The number of carbonyl (C=O) groups excluding carboxylic acids is 1. The van der Waals surface area contributed by atoms with E-state index in [1.54, 1.807) is 18.3 Å². The first-order chi connectivity index (χ1) is 17.6. The molecule has 0 bridgehead atoms. The van der Waals surface area contributed by atoms with Gasteiger partial charge in [0.05, 0.1) is 12.8 Å². The topological polar surface area (TPSA) is 73.1 Å². The first-order valence-electron chi connectivity index (χ1n) is 11.5. The predicted octanol–water partition coefficient (Wildman–Crippen LogP) is 6.98. The monoisotopic (exact) mass is 498 g/mol. The Balaban J connectivity index is 1.27. The van der Waals surface area contributed by atoms with Crippen LogP contribution >= 0.6 is 11.6 Å². The Morgan fingerprint density at radius 2 is 1.83 bits per heavy atom. The summed E-state index contributed by atoms with van der Waals surface area (Å²) in [6, 6.07) is 26.5. The van der Waals surface area contributed by atoms with Crippen molar-refractivity contribution in [3.8, 4) is 11.5 Å². The molecule has 0 saturated heterocycles. The van der Waals surface area contributed by atoms with Gasteiger partial charge < -0.3 is 13.9 Å². The van der Waals surface area contributed by atoms with Gasteiger partial charge in [-0.25, -0.2) is 5.43 Å². The lowest BCUT2D eigenvalue weighted by molar-refractivity contribution is 0.0929. The Kier molecular flexibility index (Phi) is 6.87. The van der Waals surface area contributed by atoms with Crippen LogP contribution in [0, 0.1) is 0 Å². The van der Waals surface area contributed by atoms with E-state index in [1.807, 2.05) is 79.7 Å². The van der Waals surface area contributed by atoms with Crippen molar-refractivity contribution in [1.29, 1.82) is 0 Å². The minimum atomic E-state index is -0.432. The number of halogens is 1. The van der Waals surface area contributed by atoms with Crippen LogP contribution in [0.2, 0.25) is 5.02 Å². The zero-order valence-corrected chi connectivity index (χ0v) is 20.3. The summed E-state index contributed by atoms with van der Waals surface area (Å²) in [6.45, 7) is 2.74. The van der Waals surface area contributed by atoms with Gasteiger partial charge in [-0.3, -0.25) is 4.79 Å². The Morgan fingerprint density at radius 1 is 0.944 bits per heavy atom. The largest absolute Gasteiger partial charge is 0.490 e. The molecule has 0 radical (unpaired) electrons. The summed E-state index contributed by atoms with van der Waals surface area (Å²) in [6.07, 6.45) is 1.54. The van der Waals surface area contributed by atoms with Crippen molar-refractivity contribution in [2.24, 2.45) is 5.10 Å². The summed E-state index contributed by atoms with van der Waals surface area (Å²) in [5.41, 5.74) is 4.87. The minimum absolute atomic E-state index is 0.193. The maximum atomic E-state index is 12.6. The van der Waals surface area contributed by atoms with Crippen LogP contribution in [0.25, 0.3) is 21.7 Å². The summed E-state index contributed by atoms with van der Waals surface area (Å²) in [5, 5.41) is 7.75. The van der Waals surface area contributed by atoms with E-state index >= 15 is 0 Å². The molecule has 1 amide bonds. The Bertz CT molecular complexity index is 1570. The third-order valence-electron chi connectivity index (χ3n) is 5.58. The van der Waals surface area contributed by atoms with Crippen LogP contribution in [0.1, 0.15) is 28.6 Å². The molecule has 36 heavy (non-hydrogen) atoms. The zero-order chi connectivity index (χ0) is 24.9. The Hall–Kier alpha value is -4.29. The van der Waals surface area contributed by atoms with Crippen molar-refractivity contribution in [1.82, 2.24) is 5.43 Å². The highest BCUT2D eigenvalue weighted by molar-refractivity contribution is 6.30. The maximum Gasteiger partial charge on any atom is 0.307 e. The van der Waals surface area contributed by atoms with E-state index in [2.05, 4.69) is 10.5 Å². The van der Waals surface area contributed by atoms with Crippen LogP contribution < -0.4 is 14.9 Å². The van der Waals surface area contributed by atoms with E-state index in [4.69, 9.17) is 25.5 Å². The second-order valence-electron chi connectivity index (χ2n) is 8.07. The van der Waals surface area contributed by atoms with Gasteiger partial charge in [-0.2, -0.15) is 5.10 Å². The molecule has 0 unspecified atom stereocenters. The molecule has 1 aromatic heterocycles. The lowest BCUT2D eigenvalue weighted by Gasteiger charge is -2.12. The normalized spacial score (nSPS) is 11.3. The number of hydrazone groups is 1. The number of amides is 1. The van der Waals surface area contributed by atoms with E-state index < -0.39 is 5.91 Å². The lowest BCUT2D eigenvalue weighted by atomic mass is 10.1. The van der Waals surface area contributed by atoms with E-state index in [1.165, 1.54) is 0 Å². The molecule has 0 spiro atoms. The number of ether oxygens (including phenoxy) is 2. The summed E-state index contributed by atoms with van der Waals surface area (Å²) < 4.78 is 17.4. The summed E-state index contributed by atoms with van der Waals surface area (Å²) in [4.78, 5) is 12.6. The zero-order valence-electron chi connectivity index (χ0n) is 19.5. The van der Waals surface area contributed by atoms with Gasteiger partial charge in [-0.05, 0) is 71.3 Å². The summed E-state index contributed by atoms with van der Waals surface area (Å²) in [5.74, 6) is 0.947. The number of furan rings is 1. The van der Waals surface area contributed by atoms with Crippen molar-refractivity contribution in [3.05, 3.63) is 107 Å². The predicted molar refractivity (Wildman–Crippen MR) is 142 cm³/mol. The van der Waals surface area contributed by atoms with Gasteiger partial charge >= 0.3 is 5.91 Å². The van der Waals surface area contributed by atoms with Gasteiger partial charge in [0.25, 0.3) is 0 Å². The molecule has 180 valence electrons. The number of benzene rings is 4. The first-order valence-corrected chi connectivity index (χ1v) is 11.9. The highest BCUT2D eigenvalue weighted by atomic mass is 35.5. The highest BCUT2D eigenvalue weighted by Gasteiger charge is 2.13. The molecule has 0 aliphatic carbocycles. The molecule has 0 atom stereocenters. The second kappa shape index (κ2) is 10.5. The average Bonchev–Trinajstić information content (AvgIpc) is 3.34. The smallest absolute Gasteiger partial charge is 0.307 e. The molecule has 1 heterocycles. The molecule has 0 aliphatic heterocycles. The molecule has 6 nitrogen and oxygen atoms in total. The third-order valence-corrected chi connectivity index (χ3v) is 5.82. The molecule has 4 aromatic carbocycles. The molecular formula is C29H23ClN2O4. The Morgan fingerprint density at radius 3 is 2.69 bits per heavy atom. The fraction of sp³-hybridized carbons (Fsp3) is 0.103. The second-order valence-corrected chi connectivity index (χ2v) is 8.50. The van der Waals surface area contributed by atoms with Crippen molar-refractivity contribution >= 4 is 45.5 Å². The number of nitrogens with one attached hydrogen (secondary N) is 1. The molecule has 0 saturated carbocycles. The van der Waals surface area contributed by atoms with E-state index in [-0.39, 0.29) is 5.76 Å². The SMILES string of the molecule is CCOc1cc(/C=N/NC(=O)c2cc3c(ccc4ccccc43)o2)ccc1OCc1cccc(Cl)c1. The van der Waals surface area contributed by atoms with Crippen LogP contribution in [0.3, 0.4) is 0 Å². The van der Waals surface area contributed by atoms with Crippen LogP contribution in [0.15, 0.2) is 94.4 Å². The highest BCUT2D eigenvalue weighted by Crippen LogP contribution is 2.30. The minimum Gasteiger partial charge on any atom is -0.490 e. The number of hydrogen-bond acceptors (Lipinski definition) is 5. The van der Waals surface area contributed by atoms with Crippen molar-refractivity contribution < 1.29 is 18.7 Å². The van der Waals surface area contributed by atoms with Gasteiger partial charge in [0.15, 0.2) is 17.3 Å². The lowest BCUT2D eigenvalue weighted by Crippen LogP contribution is -2.16. The summed E-state index contributed by atoms with van der Waals surface area (Å²) >= 11 is 6.05. The van der Waals surface area contributed by atoms with Crippen molar-refractivity contribution in [3.63, 3.8) is 0 Å². The number of carbonyl (C=O) groups is 1. The molecule has 0 aliphatic rings. The van der Waals surface area contributed by atoms with Crippen LogP contribution in [0.4, 0.5) is 0 Å². The standard InChI is InChI=1S/C29H23ClN2O4/c1-2-34-27-15-19(10-12-26(27)35-18-20-6-5-8-22(30)14-20)17-31-32-29(33)28-16-24-23-9-4-3-7-21(23)11-13-25(24)36-28/h3-17H,2,18H2,1H3,(H,32,33)/b31-17+. The number of rotatable bonds is 8. The number of hydrogen-bond donors (Lipinski definition) is 1. The van der Waals surface area contributed by atoms with E-state index in [0.717, 1.165) is 27.3 Å². The molecule has 1 N–H and O–H groups in total. The third kappa shape index (κ3) is 5.19. The number of nitrogens with zero attached hydrogens (tertiary/aromatic N) is 1. The molecular weight excluding hydrogens is 476 g/mol. The molecule has 7 heteroatoms. The average molecular weight is 499 g/mol. The van der Waals surface area contributed by atoms with Crippen LogP contribution in [0.5, 0.6) is 11.5 Å².